The number of nitrogens with zero attached hydrogens (tertiary/aromatic N) is 2. The Labute approximate surface area is 121 Å². The van der Waals surface area contributed by atoms with E-state index in [1.165, 1.54) is 0 Å². The van der Waals surface area contributed by atoms with E-state index in [9.17, 15) is 22.8 Å². The van der Waals surface area contributed by atoms with Crippen molar-refractivity contribution in [1.29, 1.82) is 0 Å². The van der Waals surface area contributed by atoms with Gasteiger partial charge in [0.05, 0.1) is 5.69 Å². The third-order valence-electron chi connectivity index (χ3n) is 2.75. The molecule has 0 saturated carbocycles. The highest BCUT2D eigenvalue weighted by atomic mass is 19.4. The molecule has 0 aromatic carbocycles. The highest BCUT2D eigenvalue weighted by Crippen LogP contribution is 2.28. The number of pyridine rings is 2. The first-order valence-electron chi connectivity index (χ1n) is 5.77. The Morgan fingerprint density at radius 1 is 1.14 bits per heavy atom. The van der Waals surface area contributed by atoms with Gasteiger partial charge in [0, 0.05) is 23.5 Å². The average Bonchev–Trinajstić information content (AvgIpc) is 2.45. The summed E-state index contributed by atoms with van der Waals surface area (Å²) in [6.07, 6.45) is -2.82. The van der Waals surface area contributed by atoms with Gasteiger partial charge in [-0.05, 0) is 18.2 Å². The number of ketones is 1. The lowest BCUT2D eigenvalue weighted by Crippen LogP contribution is -2.14. The van der Waals surface area contributed by atoms with Crippen molar-refractivity contribution < 1.29 is 27.9 Å². The third kappa shape index (κ3) is 2.87. The summed E-state index contributed by atoms with van der Waals surface area (Å²) in [4.78, 5) is 29.8. The molecule has 6 nitrogen and oxygen atoms in total. The molecule has 0 amide bonds. The maximum absolute atomic E-state index is 12.6. The van der Waals surface area contributed by atoms with E-state index in [-0.39, 0.29) is 11.1 Å². The van der Waals surface area contributed by atoms with E-state index in [1.807, 2.05) is 0 Å². The average molecular weight is 311 g/mol. The largest absolute Gasteiger partial charge is 0.476 e. The maximum Gasteiger partial charge on any atom is 0.433 e. The molecule has 0 aliphatic carbocycles. The number of hydrogen-bond donors (Lipinski definition) is 2. The Balaban J connectivity index is 2.50. The number of carbonyl (C=O) groups excluding carboxylic acids is 1. The Kier molecular flexibility index (Phi) is 3.81. The first-order valence-corrected chi connectivity index (χ1v) is 5.77. The molecule has 22 heavy (non-hydrogen) atoms. The fourth-order valence-electron chi connectivity index (χ4n) is 1.72. The van der Waals surface area contributed by atoms with Crippen LogP contribution in [0.1, 0.15) is 32.1 Å². The summed E-state index contributed by atoms with van der Waals surface area (Å²) in [5, 5.41) is 8.88. The van der Waals surface area contributed by atoms with E-state index < -0.39 is 35.0 Å². The lowest BCUT2D eigenvalue weighted by molar-refractivity contribution is -0.141. The first kappa shape index (κ1) is 15.4. The molecule has 0 saturated heterocycles. The number of nitrogen functional groups attached to an aromatic ring is 1. The summed E-state index contributed by atoms with van der Waals surface area (Å²) in [5.74, 6) is -2.30. The van der Waals surface area contributed by atoms with Gasteiger partial charge in [0.15, 0.2) is 11.5 Å². The summed E-state index contributed by atoms with van der Waals surface area (Å²) in [6.45, 7) is 0. The van der Waals surface area contributed by atoms with Crippen LogP contribution in [0.4, 0.5) is 18.9 Å². The van der Waals surface area contributed by atoms with Gasteiger partial charge in [0.25, 0.3) is 0 Å². The van der Waals surface area contributed by atoms with Gasteiger partial charge in [-0.1, -0.05) is 0 Å². The van der Waals surface area contributed by atoms with E-state index in [0.717, 1.165) is 24.5 Å². The minimum atomic E-state index is -4.70. The zero-order valence-corrected chi connectivity index (χ0v) is 10.8. The molecule has 2 aromatic rings. The smallest absolute Gasteiger partial charge is 0.433 e. The zero-order valence-electron chi connectivity index (χ0n) is 10.8. The minimum absolute atomic E-state index is 0.244. The molecular formula is C13H8F3N3O3. The first-order chi connectivity index (χ1) is 10.2. The molecule has 9 heteroatoms. The lowest BCUT2D eigenvalue weighted by atomic mass is 10.0. The van der Waals surface area contributed by atoms with Crippen LogP contribution in [-0.2, 0) is 6.18 Å². The van der Waals surface area contributed by atoms with E-state index in [4.69, 9.17) is 10.8 Å². The van der Waals surface area contributed by atoms with Gasteiger partial charge in [-0.2, -0.15) is 13.2 Å². The number of nitrogens with two attached hydrogens (primary N) is 1. The molecule has 0 spiro atoms. The Morgan fingerprint density at radius 3 is 2.36 bits per heavy atom. The Hall–Kier alpha value is -2.97. The van der Waals surface area contributed by atoms with Gasteiger partial charge in [0.2, 0.25) is 0 Å². The fraction of sp³-hybridized carbons (Fsp3) is 0.0769. The molecule has 0 fully saturated rings. The van der Waals surface area contributed by atoms with Gasteiger partial charge in [0.1, 0.15) is 5.69 Å². The summed E-state index contributed by atoms with van der Waals surface area (Å²) in [6, 6.07) is 2.79. The van der Waals surface area contributed by atoms with Gasteiger partial charge >= 0.3 is 12.1 Å². The van der Waals surface area contributed by atoms with E-state index in [2.05, 4.69) is 9.97 Å². The van der Waals surface area contributed by atoms with Crippen molar-refractivity contribution in [3.05, 3.63) is 53.1 Å². The number of anilines is 1. The van der Waals surface area contributed by atoms with Crippen LogP contribution >= 0.6 is 0 Å². The van der Waals surface area contributed by atoms with Crippen molar-refractivity contribution in [2.45, 2.75) is 6.18 Å². The molecule has 0 atom stereocenters. The second kappa shape index (κ2) is 5.43. The van der Waals surface area contributed by atoms with Crippen LogP contribution in [0.3, 0.4) is 0 Å². The number of carboxylic acid groups (broad SMARTS) is 1. The van der Waals surface area contributed by atoms with Crippen molar-refractivity contribution in [2.24, 2.45) is 0 Å². The normalized spacial score (nSPS) is 11.2. The highest BCUT2D eigenvalue weighted by Gasteiger charge is 2.33. The van der Waals surface area contributed by atoms with Crippen molar-refractivity contribution in [3.8, 4) is 0 Å². The highest BCUT2D eigenvalue weighted by molar-refractivity contribution is 6.13. The summed E-state index contributed by atoms with van der Waals surface area (Å²) < 4.78 is 37.8. The Bertz CT molecular complexity index is 760. The van der Waals surface area contributed by atoms with Gasteiger partial charge in [-0.25, -0.2) is 9.78 Å². The molecule has 2 rings (SSSR count). The van der Waals surface area contributed by atoms with Gasteiger partial charge in [-0.15, -0.1) is 0 Å². The number of aromatic carboxylic acids is 1. The SMILES string of the molecule is Nc1c(C(=O)c2ccnc(C(F)(F)F)c2)ccnc1C(=O)O. The zero-order chi connectivity index (χ0) is 16.5. The van der Waals surface area contributed by atoms with Crippen LogP contribution < -0.4 is 5.73 Å². The molecule has 2 heterocycles. The number of rotatable bonds is 3. The Morgan fingerprint density at radius 2 is 1.77 bits per heavy atom. The molecule has 0 unspecified atom stereocenters. The second-order valence-corrected chi connectivity index (χ2v) is 4.18. The van der Waals surface area contributed by atoms with E-state index in [0.29, 0.717) is 6.07 Å². The molecule has 0 radical (unpaired) electrons. The summed E-state index contributed by atoms with van der Waals surface area (Å²) in [7, 11) is 0. The van der Waals surface area contributed by atoms with Crippen molar-refractivity contribution in [3.63, 3.8) is 0 Å². The van der Waals surface area contributed by atoms with Gasteiger partial charge < -0.3 is 10.8 Å². The minimum Gasteiger partial charge on any atom is -0.476 e. The number of alkyl halides is 3. The predicted octanol–water partition coefficient (Wildman–Crippen LogP) is 2.01. The molecule has 0 aliphatic heterocycles. The summed E-state index contributed by atoms with van der Waals surface area (Å²) >= 11 is 0. The molecule has 2 aromatic heterocycles. The van der Waals surface area contributed by atoms with Crippen LogP contribution in [0.2, 0.25) is 0 Å². The molecule has 3 N–H and O–H groups in total. The molecular weight excluding hydrogens is 303 g/mol. The number of carboxylic acids is 1. The van der Waals surface area contributed by atoms with Crippen molar-refractivity contribution in [1.82, 2.24) is 9.97 Å². The maximum atomic E-state index is 12.6. The fourth-order valence-corrected chi connectivity index (χ4v) is 1.72. The van der Waals surface area contributed by atoms with Crippen LogP contribution in [0.15, 0.2) is 30.6 Å². The van der Waals surface area contributed by atoms with E-state index in [1.54, 1.807) is 0 Å². The number of halogens is 3. The molecule has 0 aliphatic rings. The number of aromatic nitrogens is 2. The van der Waals surface area contributed by atoms with Crippen molar-refractivity contribution >= 4 is 17.4 Å². The van der Waals surface area contributed by atoms with Crippen LogP contribution in [0.25, 0.3) is 0 Å². The van der Waals surface area contributed by atoms with Crippen LogP contribution in [-0.4, -0.2) is 26.8 Å². The van der Waals surface area contributed by atoms with E-state index >= 15 is 0 Å². The van der Waals surface area contributed by atoms with Crippen LogP contribution in [0.5, 0.6) is 0 Å². The monoisotopic (exact) mass is 311 g/mol. The number of hydrogen-bond acceptors (Lipinski definition) is 5. The predicted molar refractivity (Wildman–Crippen MR) is 68.3 cm³/mol. The second-order valence-electron chi connectivity index (χ2n) is 4.18. The topological polar surface area (TPSA) is 106 Å². The molecule has 114 valence electrons. The van der Waals surface area contributed by atoms with Gasteiger partial charge in [-0.3, -0.25) is 9.78 Å². The van der Waals surface area contributed by atoms with Crippen LogP contribution in [0, 0.1) is 0 Å². The standard InChI is InChI=1S/C13H8F3N3O3/c14-13(15,16)8-5-6(1-3-18-8)11(20)7-2-4-19-10(9(7)17)12(21)22/h1-5H,17H2,(H,21,22). The third-order valence-corrected chi connectivity index (χ3v) is 2.75. The molecule has 0 bridgehead atoms. The summed E-state index contributed by atoms with van der Waals surface area (Å²) in [5.41, 5.74) is 2.80. The number of carbonyl (C=O) groups is 2. The quantitative estimate of drug-likeness (QED) is 0.840. The lowest BCUT2D eigenvalue weighted by Gasteiger charge is -2.09. The van der Waals surface area contributed by atoms with Crippen molar-refractivity contribution in [2.75, 3.05) is 5.73 Å².